The van der Waals surface area contributed by atoms with Gasteiger partial charge in [-0.2, -0.15) is 0 Å². The van der Waals surface area contributed by atoms with E-state index in [1.807, 2.05) is 35.2 Å². The molecule has 0 saturated heterocycles. The molecule has 21 heavy (non-hydrogen) atoms. The summed E-state index contributed by atoms with van der Waals surface area (Å²) in [6.45, 7) is 0.444. The number of carboxylic acids is 1. The van der Waals surface area contributed by atoms with Crippen LogP contribution >= 0.6 is 0 Å². The van der Waals surface area contributed by atoms with Crippen LogP contribution < -0.4 is 4.57 Å². The van der Waals surface area contributed by atoms with Crippen LogP contribution in [0.15, 0.2) is 49.2 Å². The highest BCUT2D eigenvalue weighted by Gasteiger charge is 2.08. The zero-order valence-corrected chi connectivity index (χ0v) is 11.2. The van der Waals surface area contributed by atoms with E-state index >= 15 is 0 Å². The summed E-state index contributed by atoms with van der Waals surface area (Å²) >= 11 is 0. The molecule has 0 unspecified atom stereocenters. The average molecular weight is 281 g/mol. The highest BCUT2D eigenvalue weighted by atomic mass is 16.4. The lowest BCUT2D eigenvalue weighted by molar-refractivity contribution is -0.695. The molecule has 104 valence electrons. The van der Waals surface area contributed by atoms with Crippen LogP contribution in [0, 0.1) is 0 Å². The topological polar surface area (TPSA) is 79.9 Å². The van der Waals surface area contributed by atoms with E-state index in [4.69, 9.17) is 5.11 Å². The molecule has 3 heterocycles. The Kier molecular flexibility index (Phi) is 3.51. The molecule has 6 heteroatoms. The summed E-state index contributed by atoms with van der Waals surface area (Å²) in [5.74, 6) is -0.169. The normalized spacial score (nSPS) is 10.7. The second-order valence-corrected chi connectivity index (χ2v) is 4.60. The van der Waals surface area contributed by atoms with Crippen LogP contribution in [-0.2, 0) is 11.3 Å². The highest BCUT2D eigenvalue weighted by molar-refractivity contribution is 5.78. The van der Waals surface area contributed by atoms with Crippen molar-refractivity contribution in [1.82, 2.24) is 15.0 Å². The van der Waals surface area contributed by atoms with Gasteiger partial charge in [0.1, 0.15) is 6.42 Å². The van der Waals surface area contributed by atoms with Gasteiger partial charge in [0.25, 0.3) is 0 Å². The summed E-state index contributed by atoms with van der Waals surface area (Å²) in [7, 11) is 0. The van der Waals surface area contributed by atoms with Gasteiger partial charge in [-0.3, -0.25) is 9.78 Å². The van der Waals surface area contributed by atoms with Crippen molar-refractivity contribution in [3.05, 3.63) is 49.2 Å². The first-order valence-electron chi connectivity index (χ1n) is 6.50. The lowest BCUT2D eigenvalue weighted by Crippen LogP contribution is -2.33. The standard InChI is InChI=1S/C15H12N4O2/c20-14(21)4-8-19-6-2-11(3-7-19)15-17-10-12-9-16-5-1-13(12)18-15/h1-3,5-7,9-10H,4,8H2/p+1. The molecule has 0 saturated carbocycles. The van der Waals surface area contributed by atoms with E-state index in [1.54, 1.807) is 18.6 Å². The van der Waals surface area contributed by atoms with Crippen LogP contribution in [0.4, 0.5) is 0 Å². The van der Waals surface area contributed by atoms with Gasteiger partial charge >= 0.3 is 5.97 Å². The quantitative estimate of drug-likeness (QED) is 0.732. The Morgan fingerprint density at radius 1 is 1.19 bits per heavy atom. The third kappa shape index (κ3) is 3.00. The Morgan fingerprint density at radius 2 is 2.00 bits per heavy atom. The van der Waals surface area contributed by atoms with E-state index in [-0.39, 0.29) is 6.42 Å². The minimum atomic E-state index is -0.807. The molecule has 0 atom stereocenters. The maximum Gasteiger partial charge on any atom is 0.309 e. The van der Waals surface area contributed by atoms with Crippen LogP contribution in [0.5, 0.6) is 0 Å². The maximum absolute atomic E-state index is 10.5. The number of carboxylic acid groups (broad SMARTS) is 1. The summed E-state index contributed by atoms with van der Waals surface area (Å²) < 4.78 is 1.82. The van der Waals surface area contributed by atoms with Gasteiger partial charge in [-0.1, -0.05) is 0 Å². The third-order valence-corrected chi connectivity index (χ3v) is 3.11. The number of nitrogens with zero attached hydrogens (tertiary/aromatic N) is 4. The van der Waals surface area contributed by atoms with Crippen molar-refractivity contribution in [3.8, 4) is 11.4 Å². The molecule has 0 aliphatic rings. The van der Waals surface area contributed by atoms with Crippen LogP contribution in [0.25, 0.3) is 22.3 Å². The SMILES string of the molecule is O=C(O)CC[n+]1ccc(-c2ncc3cnccc3n2)cc1. The number of carbonyl (C=O) groups is 1. The number of rotatable bonds is 4. The molecule has 0 aliphatic carbocycles. The Labute approximate surface area is 120 Å². The fraction of sp³-hybridized carbons (Fsp3) is 0.133. The van der Waals surface area contributed by atoms with Gasteiger partial charge in [0, 0.05) is 41.7 Å². The van der Waals surface area contributed by atoms with Crippen LogP contribution in [-0.4, -0.2) is 26.0 Å². The molecule has 0 radical (unpaired) electrons. The summed E-state index contributed by atoms with van der Waals surface area (Å²) in [6, 6.07) is 5.60. The molecule has 6 nitrogen and oxygen atoms in total. The number of hydrogen-bond donors (Lipinski definition) is 1. The van der Waals surface area contributed by atoms with Crippen molar-refractivity contribution in [2.24, 2.45) is 0 Å². The van der Waals surface area contributed by atoms with E-state index in [0.717, 1.165) is 16.5 Å². The summed E-state index contributed by atoms with van der Waals surface area (Å²) in [6.07, 6.45) is 8.93. The minimum absolute atomic E-state index is 0.101. The highest BCUT2D eigenvalue weighted by Crippen LogP contribution is 2.16. The molecule has 0 bridgehead atoms. The summed E-state index contributed by atoms with van der Waals surface area (Å²) in [4.78, 5) is 23.4. The molecule has 3 rings (SSSR count). The zero-order valence-electron chi connectivity index (χ0n) is 11.2. The Balaban J connectivity index is 1.86. The largest absolute Gasteiger partial charge is 0.481 e. The first kappa shape index (κ1) is 13.1. The van der Waals surface area contributed by atoms with Crippen LogP contribution in [0.3, 0.4) is 0 Å². The minimum Gasteiger partial charge on any atom is -0.481 e. The third-order valence-electron chi connectivity index (χ3n) is 3.11. The summed E-state index contributed by atoms with van der Waals surface area (Å²) in [5, 5.41) is 9.57. The fourth-order valence-corrected chi connectivity index (χ4v) is 1.99. The van der Waals surface area contributed by atoms with Crippen molar-refractivity contribution in [3.63, 3.8) is 0 Å². The van der Waals surface area contributed by atoms with Gasteiger partial charge in [-0.05, 0) is 6.07 Å². The number of aryl methyl sites for hydroxylation is 1. The van der Waals surface area contributed by atoms with E-state index in [9.17, 15) is 4.79 Å². The van der Waals surface area contributed by atoms with E-state index in [1.165, 1.54) is 0 Å². The van der Waals surface area contributed by atoms with Crippen LogP contribution in [0.2, 0.25) is 0 Å². The second-order valence-electron chi connectivity index (χ2n) is 4.60. The van der Waals surface area contributed by atoms with Gasteiger partial charge in [0.15, 0.2) is 24.8 Å². The number of aliphatic carboxylic acids is 1. The smallest absolute Gasteiger partial charge is 0.309 e. The van der Waals surface area contributed by atoms with Crippen LogP contribution in [0.1, 0.15) is 6.42 Å². The van der Waals surface area contributed by atoms with Crippen molar-refractivity contribution >= 4 is 16.9 Å². The van der Waals surface area contributed by atoms with Crippen molar-refractivity contribution in [2.45, 2.75) is 13.0 Å². The predicted molar refractivity (Wildman–Crippen MR) is 75.2 cm³/mol. The van der Waals surface area contributed by atoms with Gasteiger partial charge in [0.2, 0.25) is 0 Å². The van der Waals surface area contributed by atoms with Gasteiger partial charge < -0.3 is 5.11 Å². The predicted octanol–water partition coefficient (Wildman–Crippen LogP) is 1.45. The van der Waals surface area contributed by atoms with Crippen molar-refractivity contribution in [2.75, 3.05) is 0 Å². The van der Waals surface area contributed by atoms with Crippen molar-refractivity contribution < 1.29 is 14.5 Å². The lowest BCUT2D eigenvalue weighted by Gasteiger charge is -2.01. The van der Waals surface area contributed by atoms with Gasteiger partial charge in [-0.25, -0.2) is 14.5 Å². The van der Waals surface area contributed by atoms with E-state index < -0.39 is 5.97 Å². The first-order chi connectivity index (χ1) is 10.2. The number of pyridine rings is 2. The molecular weight excluding hydrogens is 268 g/mol. The molecule has 1 N–H and O–H groups in total. The molecule has 0 fully saturated rings. The number of fused-ring (bicyclic) bond motifs is 1. The molecule has 0 aromatic carbocycles. The summed E-state index contributed by atoms with van der Waals surface area (Å²) in [5.41, 5.74) is 1.73. The first-order valence-corrected chi connectivity index (χ1v) is 6.50. The maximum atomic E-state index is 10.5. The van der Waals surface area contributed by atoms with Crippen molar-refractivity contribution in [1.29, 1.82) is 0 Å². The second kappa shape index (κ2) is 5.62. The van der Waals surface area contributed by atoms with E-state index in [2.05, 4.69) is 15.0 Å². The molecule has 3 aromatic rings. The molecule has 0 amide bonds. The molecule has 0 spiro atoms. The Morgan fingerprint density at radius 3 is 2.76 bits per heavy atom. The monoisotopic (exact) mass is 281 g/mol. The fourth-order valence-electron chi connectivity index (χ4n) is 1.99. The average Bonchev–Trinajstić information content (AvgIpc) is 2.53. The number of aromatic nitrogens is 4. The lowest BCUT2D eigenvalue weighted by atomic mass is 10.2. The Bertz CT molecular complexity index is 787. The van der Waals surface area contributed by atoms with Gasteiger partial charge in [-0.15, -0.1) is 0 Å². The zero-order chi connectivity index (χ0) is 14.7. The number of hydrogen-bond acceptors (Lipinski definition) is 4. The van der Waals surface area contributed by atoms with E-state index in [0.29, 0.717) is 12.4 Å². The molecular formula is C15H13N4O2+. The van der Waals surface area contributed by atoms with Gasteiger partial charge in [0.05, 0.1) is 5.52 Å². The molecule has 3 aromatic heterocycles. The Hall–Kier alpha value is -2.89. The molecule has 0 aliphatic heterocycles.